The van der Waals surface area contributed by atoms with Crippen LogP contribution in [0.25, 0.3) is 43.7 Å². The van der Waals surface area contributed by atoms with Gasteiger partial charge in [-0.05, 0) is 57.5 Å². The molecule has 7 rings (SSSR count). The number of nitrogens with zero attached hydrogens (tertiary/aromatic N) is 1. The number of fused-ring (bicyclic) bond motifs is 7. The van der Waals surface area contributed by atoms with Gasteiger partial charge in [0, 0.05) is 45.5 Å². The molecule has 0 spiro atoms. The van der Waals surface area contributed by atoms with Gasteiger partial charge in [-0.2, -0.15) is 0 Å². The number of rotatable bonds is 1. The van der Waals surface area contributed by atoms with E-state index < -0.39 is 6.04 Å². The highest BCUT2D eigenvalue weighted by atomic mass is 32.4. The van der Waals surface area contributed by atoms with Crippen LogP contribution in [0.4, 0.5) is 0 Å². The first-order chi connectivity index (χ1) is 15.7. The predicted molar refractivity (Wildman–Crippen MR) is 143 cm³/mol. The molecule has 1 aliphatic heterocycles. The molecule has 1 aliphatic rings. The fourth-order valence-corrected chi connectivity index (χ4v) is 9.77. The molecule has 0 radical (unpaired) electrons. The van der Waals surface area contributed by atoms with Crippen LogP contribution in [0.1, 0.15) is 0 Å². The molecule has 0 N–H and O–H groups in total. The highest BCUT2D eigenvalue weighted by Crippen LogP contribution is 2.54. The van der Waals surface area contributed by atoms with E-state index in [0.29, 0.717) is 0 Å². The normalized spacial score (nSPS) is 17.2. The minimum Gasteiger partial charge on any atom is -0.344 e. The highest BCUT2D eigenvalue weighted by Gasteiger charge is 2.37. The van der Waals surface area contributed by atoms with E-state index >= 15 is 0 Å². The summed E-state index contributed by atoms with van der Waals surface area (Å²) in [5, 5.41) is 9.05. The van der Waals surface area contributed by atoms with Gasteiger partial charge in [-0.15, -0.1) is 0 Å². The molecule has 1 unspecified atom stereocenters. The van der Waals surface area contributed by atoms with Crippen LogP contribution >= 0.6 is 6.04 Å². The van der Waals surface area contributed by atoms with Crippen molar-refractivity contribution in [3.63, 3.8) is 0 Å². The fourth-order valence-electron chi connectivity index (χ4n) is 5.42. The van der Waals surface area contributed by atoms with Crippen LogP contribution in [0.3, 0.4) is 0 Å². The highest BCUT2D eigenvalue weighted by molar-refractivity contribution is 8.26. The van der Waals surface area contributed by atoms with Crippen LogP contribution in [0.5, 0.6) is 0 Å². The molecule has 0 aliphatic carbocycles. The van der Waals surface area contributed by atoms with Crippen molar-refractivity contribution in [2.45, 2.75) is 0 Å². The third-order valence-corrected chi connectivity index (χ3v) is 11.9. The minimum absolute atomic E-state index is 1.26. The van der Waals surface area contributed by atoms with E-state index in [2.05, 4.69) is 115 Å². The molecular formula is C29H20NPS. The Morgan fingerprint density at radius 2 is 1.22 bits per heavy atom. The van der Waals surface area contributed by atoms with Gasteiger partial charge in [0.25, 0.3) is 0 Å². The standard InChI is InChI=1S/C29H20NPS/c1-30-26-14-8-7-13-22(26)23-17-25-24-15-19-9-5-6-10-20(19)16-28(24)31(32,29(25)18-27(23)30)21-11-3-2-4-12-21/h2-18H,1H3. The van der Waals surface area contributed by atoms with Gasteiger partial charge in [-0.3, -0.25) is 0 Å². The smallest absolute Gasteiger partial charge is 0.0496 e. The molecule has 0 saturated heterocycles. The van der Waals surface area contributed by atoms with Crippen molar-refractivity contribution in [1.29, 1.82) is 0 Å². The summed E-state index contributed by atoms with van der Waals surface area (Å²) in [4.78, 5) is 0. The van der Waals surface area contributed by atoms with Gasteiger partial charge in [0.15, 0.2) is 0 Å². The van der Waals surface area contributed by atoms with Crippen molar-refractivity contribution in [1.82, 2.24) is 4.57 Å². The third-order valence-electron chi connectivity index (χ3n) is 6.98. The summed E-state index contributed by atoms with van der Waals surface area (Å²) in [6.45, 7) is 0. The number of benzene rings is 5. The van der Waals surface area contributed by atoms with Crippen LogP contribution < -0.4 is 15.9 Å². The lowest BCUT2D eigenvalue weighted by molar-refractivity contribution is 1.01. The number of aryl methyl sites for hydroxylation is 1. The molecule has 0 bridgehead atoms. The topological polar surface area (TPSA) is 4.93 Å². The van der Waals surface area contributed by atoms with Crippen molar-refractivity contribution in [2.75, 3.05) is 0 Å². The van der Waals surface area contributed by atoms with Crippen molar-refractivity contribution in [3.8, 4) is 11.1 Å². The molecule has 0 fully saturated rings. The zero-order valence-corrected chi connectivity index (χ0v) is 19.3. The van der Waals surface area contributed by atoms with Crippen LogP contribution in [0.15, 0.2) is 103 Å². The third kappa shape index (κ3) is 2.26. The minimum atomic E-state index is -2.15. The maximum Gasteiger partial charge on any atom is 0.0496 e. The molecule has 2 heterocycles. The van der Waals surface area contributed by atoms with Crippen LogP contribution in [0, 0.1) is 0 Å². The average Bonchev–Trinajstić information content (AvgIpc) is 3.27. The molecule has 5 aromatic carbocycles. The molecule has 3 heteroatoms. The molecule has 152 valence electrons. The van der Waals surface area contributed by atoms with E-state index in [0.717, 1.165) is 0 Å². The zero-order chi connectivity index (χ0) is 21.4. The van der Waals surface area contributed by atoms with Gasteiger partial charge < -0.3 is 4.57 Å². The van der Waals surface area contributed by atoms with Crippen molar-refractivity contribution in [3.05, 3.63) is 103 Å². The lowest BCUT2D eigenvalue weighted by Gasteiger charge is -2.20. The van der Waals surface area contributed by atoms with Gasteiger partial charge in [-0.25, -0.2) is 0 Å². The summed E-state index contributed by atoms with van der Waals surface area (Å²) in [6.07, 6.45) is 0. The lowest BCUT2D eigenvalue weighted by atomic mass is 9.99. The van der Waals surface area contributed by atoms with Crippen LogP contribution in [-0.4, -0.2) is 4.57 Å². The molecule has 1 aromatic heterocycles. The van der Waals surface area contributed by atoms with E-state index in [-0.39, 0.29) is 0 Å². The monoisotopic (exact) mass is 445 g/mol. The molecule has 6 aromatic rings. The summed E-state index contributed by atoms with van der Waals surface area (Å²) >= 11 is 6.69. The van der Waals surface area contributed by atoms with E-state index in [9.17, 15) is 0 Å². The largest absolute Gasteiger partial charge is 0.344 e. The van der Waals surface area contributed by atoms with Crippen molar-refractivity contribution >= 4 is 66.3 Å². The Labute approximate surface area is 191 Å². The maximum atomic E-state index is 6.69. The fraction of sp³-hybridized carbons (Fsp3) is 0.0345. The summed E-state index contributed by atoms with van der Waals surface area (Å²) in [5.41, 5.74) is 5.13. The second-order valence-corrected chi connectivity index (χ2v) is 13.0. The first-order valence-electron chi connectivity index (χ1n) is 10.9. The Morgan fingerprint density at radius 3 is 2.03 bits per heavy atom. The molecule has 32 heavy (non-hydrogen) atoms. The van der Waals surface area contributed by atoms with E-state index in [4.69, 9.17) is 11.8 Å². The van der Waals surface area contributed by atoms with E-state index in [1.54, 1.807) is 0 Å². The Hall–Kier alpha value is -3.19. The quantitative estimate of drug-likeness (QED) is 0.272. The van der Waals surface area contributed by atoms with Crippen LogP contribution in [-0.2, 0) is 18.9 Å². The first kappa shape index (κ1) is 18.4. The molecular weight excluding hydrogens is 425 g/mol. The second kappa shape index (κ2) is 6.42. The zero-order valence-electron chi connectivity index (χ0n) is 17.6. The summed E-state index contributed by atoms with van der Waals surface area (Å²) in [6, 6.07) is 35.4. The molecule has 1 nitrogen and oxygen atoms in total. The Balaban J connectivity index is 1.68. The average molecular weight is 446 g/mol. The number of hydrogen-bond donors (Lipinski definition) is 0. The van der Waals surface area contributed by atoms with Gasteiger partial charge in [0.05, 0.1) is 0 Å². The Kier molecular flexibility index (Phi) is 3.69. The van der Waals surface area contributed by atoms with Gasteiger partial charge >= 0.3 is 0 Å². The molecule has 0 amide bonds. The Bertz CT molecular complexity index is 1760. The number of hydrogen-bond acceptors (Lipinski definition) is 1. The van der Waals surface area contributed by atoms with Crippen molar-refractivity contribution in [2.24, 2.45) is 7.05 Å². The van der Waals surface area contributed by atoms with Gasteiger partial charge in [0.2, 0.25) is 0 Å². The predicted octanol–water partition coefficient (Wildman–Crippen LogP) is 6.22. The van der Waals surface area contributed by atoms with Crippen molar-refractivity contribution < 1.29 is 0 Å². The summed E-state index contributed by atoms with van der Waals surface area (Å²) in [7, 11) is 2.17. The first-order valence-corrected chi connectivity index (χ1v) is 13.7. The lowest BCUT2D eigenvalue weighted by Crippen LogP contribution is -2.20. The van der Waals surface area contributed by atoms with E-state index in [1.165, 1.54) is 59.6 Å². The van der Waals surface area contributed by atoms with Gasteiger partial charge in [0.1, 0.15) is 0 Å². The van der Waals surface area contributed by atoms with E-state index in [1.807, 2.05) is 0 Å². The summed E-state index contributed by atoms with van der Waals surface area (Å²) < 4.78 is 2.31. The Morgan fingerprint density at radius 1 is 0.594 bits per heavy atom. The molecule has 1 atom stereocenters. The van der Waals surface area contributed by atoms with Crippen LogP contribution in [0.2, 0.25) is 0 Å². The maximum absolute atomic E-state index is 6.69. The summed E-state index contributed by atoms with van der Waals surface area (Å²) in [5.74, 6) is 0. The van der Waals surface area contributed by atoms with Gasteiger partial charge in [-0.1, -0.05) is 84.6 Å². The SMILES string of the molecule is Cn1c2ccccc2c2cc3c(cc21)P(=S)(c1ccccc1)c1cc2ccccc2cc1-3. The number of aromatic nitrogens is 1. The second-order valence-electron chi connectivity index (χ2n) is 8.62. The molecule has 0 saturated carbocycles. The number of para-hydroxylation sites is 1.